The Hall–Kier alpha value is -0.850. The topological polar surface area (TPSA) is 55.1 Å². The van der Waals surface area contributed by atoms with Crippen LogP contribution >= 0.6 is 47.8 Å². The second-order valence-corrected chi connectivity index (χ2v) is 6.59. The summed E-state index contributed by atoms with van der Waals surface area (Å²) >= 11 is 10.0. The maximum atomic E-state index is 12.1. The lowest BCUT2D eigenvalue weighted by Gasteiger charge is -2.09. The summed E-state index contributed by atoms with van der Waals surface area (Å²) in [4.78, 5) is 12.1. The molecule has 0 aliphatic carbocycles. The zero-order valence-corrected chi connectivity index (χ0v) is 14.3. The molecule has 0 aliphatic heterocycles. The molecule has 6 heteroatoms. The molecule has 0 atom stereocenters. The Bertz CT molecular complexity index is 624. The van der Waals surface area contributed by atoms with E-state index in [1.807, 2.05) is 12.1 Å². The number of amides is 1. The van der Waals surface area contributed by atoms with Crippen molar-refractivity contribution in [2.45, 2.75) is 0 Å². The van der Waals surface area contributed by atoms with Gasteiger partial charge < -0.3 is 11.1 Å². The summed E-state index contributed by atoms with van der Waals surface area (Å²) in [7, 11) is 0. The van der Waals surface area contributed by atoms with Gasteiger partial charge in [-0.3, -0.25) is 4.79 Å². The zero-order valence-electron chi connectivity index (χ0n) is 9.58. The van der Waals surface area contributed by atoms with E-state index in [1.54, 1.807) is 24.3 Å². The van der Waals surface area contributed by atoms with Gasteiger partial charge in [0, 0.05) is 19.0 Å². The van der Waals surface area contributed by atoms with Crippen molar-refractivity contribution in [2.75, 3.05) is 11.1 Å². The van der Waals surface area contributed by atoms with Crippen LogP contribution in [0.2, 0.25) is 0 Å². The van der Waals surface area contributed by atoms with Crippen LogP contribution in [0.5, 0.6) is 0 Å². The van der Waals surface area contributed by atoms with Gasteiger partial charge in [-0.2, -0.15) is 0 Å². The molecule has 0 bridgehead atoms. The van der Waals surface area contributed by atoms with E-state index >= 15 is 0 Å². The van der Waals surface area contributed by atoms with Crippen LogP contribution in [0.1, 0.15) is 10.4 Å². The van der Waals surface area contributed by atoms with E-state index in [0.717, 1.165) is 13.4 Å². The minimum atomic E-state index is -0.212. The molecule has 0 aromatic heterocycles. The van der Waals surface area contributed by atoms with Crippen LogP contribution in [0.4, 0.5) is 11.4 Å². The van der Waals surface area contributed by atoms with Crippen LogP contribution in [0.15, 0.2) is 49.8 Å². The van der Waals surface area contributed by atoms with Gasteiger partial charge in [-0.15, -0.1) is 0 Å². The summed E-state index contributed by atoms with van der Waals surface area (Å²) in [6.45, 7) is 0. The number of hydrogen-bond acceptors (Lipinski definition) is 2. The Balaban J connectivity index is 2.25. The van der Waals surface area contributed by atoms with Gasteiger partial charge in [0.2, 0.25) is 0 Å². The molecular weight excluding hydrogens is 440 g/mol. The third-order valence-corrected chi connectivity index (χ3v) is 3.80. The Kier molecular flexibility index (Phi) is 4.65. The predicted molar refractivity (Wildman–Crippen MR) is 88.3 cm³/mol. The lowest BCUT2D eigenvalue weighted by Crippen LogP contribution is -2.13. The molecule has 0 saturated heterocycles. The van der Waals surface area contributed by atoms with Gasteiger partial charge in [0.25, 0.3) is 5.91 Å². The Morgan fingerprint density at radius 1 is 0.947 bits per heavy atom. The minimum Gasteiger partial charge on any atom is -0.397 e. The molecule has 0 radical (unpaired) electrons. The van der Waals surface area contributed by atoms with Crippen molar-refractivity contribution in [3.63, 3.8) is 0 Å². The Labute approximate surface area is 136 Å². The van der Waals surface area contributed by atoms with Crippen LogP contribution in [0.25, 0.3) is 0 Å². The van der Waals surface area contributed by atoms with E-state index in [2.05, 4.69) is 53.1 Å². The quantitative estimate of drug-likeness (QED) is 0.648. The number of rotatable bonds is 2. The molecule has 0 aliphatic rings. The lowest BCUT2D eigenvalue weighted by molar-refractivity contribution is 0.102. The fourth-order valence-corrected chi connectivity index (χ4v) is 3.20. The molecule has 19 heavy (non-hydrogen) atoms. The van der Waals surface area contributed by atoms with Crippen molar-refractivity contribution in [3.8, 4) is 0 Å². The van der Waals surface area contributed by atoms with E-state index in [0.29, 0.717) is 16.9 Å². The highest BCUT2D eigenvalue weighted by Gasteiger charge is 2.09. The Morgan fingerprint density at radius 2 is 1.58 bits per heavy atom. The predicted octanol–water partition coefficient (Wildman–Crippen LogP) is 4.81. The molecule has 2 aromatic carbocycles. The number of anilines is 2. The first-order valence-corrected chi connectivity index (χ1v) is 7.66. The average molecular weight is 449 g/mol. The van der Waals surface area contributed by atoms with Crippen LogP contribution in [-0.4, -0.2) is 5.91 Å². The summed E-state index contributed by atoms with van der Waals surface area (Å²) in [6, 6.07) is 10.7. The van der Waals surface area contributed by atoms with Crippen molar-refractivity contribution in [1.29, 1.82) is 0 Å². The van der Waals surface area contributed by atoms with Crippen molar-refractivity contribution in [1.82, 2.24) is 0 Å². The van der Waals surface area contributed by atoms with Crippen LogP contribution < -0.4 is 11.1 Å². The Morgan fingerprint density at radius 3 is 2.16 bits per heavy atom. The van der Waals surface area contributed by atoms with Gasteiger partial charge in [0.1, 0.15) is 0 Å². The molecule has 3 N–H and O–H groups in total. The third kappa shape index (κ3) is 3.81. The number of halogens is 3. The highest BCUT2D eigenvalue weighted by molar-refractivity contribution is 9.11. The fraction of sp³-hybridized carbons (Fsp3) is 0. The molecule has 0 unspecified atom stereocenters. The molecule has 0 spiro atoms. The van der Waals surface area contributed by atoms with Crippen molar-refractivity contribution in [3.05, 3.63) is 55.4 Å². The fourth-order valence-electron chi connectivity index (χ4n) is 1.53. The highest BCUT2D eigenvalue weighted by Crippen LogP contribution is 2.25. The number of carbonyl (C=O) groups excluding carboxylic acids is 1. The van der Waals surface area contributed by atoms with E-state index in [4.69, 9.17) is 5.73 Å². The van der Waals surface area contributed by atoms with Gasteiger partial charge in [-0.05, 0) is 36.4 Å². The average Bonchev–Trinajstić information content (AvgIpc) is 2.31. The normalized spacial score (nSPS) is 10.3. The molecule has 2 rings (SSSR count). The van der Waals surface area contributed by atoms with E-state index in [1.165, 1.54) is 0 Å². The first kappa shape index (κ1) is 14.6. The molecular formula is C13H9Br3N2O. The highest BCUT2D eigenvalue weighted by atomic mass is 79.9. The monoisotopic (exact) mass is 446 g/mol. The molecule has 2 aromatic rings. The van der Waals surface area contributed by atoms with Crippen molar-refractivity contribution in [2.24, 2.45) is 0 Å². The molecule has 0 heterocycles. The van der Waals surface area contributed by atoms with E-state index < -0.39 is 0 Å². The van der Waals surface area contributed by atoms with Gasteiger partial charge in [-0.1, -0.05) is 47.8 Å². The summed E-state index contributed by atoms with van der Waals surface area (Å²) in [5.74, 6) is -0.212. The zero-order chi connectivity index (χ0) is 14.0. The smallest absolute Gasteiger partial charge is 0.255 e. The largest absolute Gasteiger partial charge is 0.397 e. The second kappa shape index (κ2) is 6.07. The van der Waals surface area contributed by atoms with Crippen LogP contribution in [0, 0.1) is 0 Å². The summed E-state index contributed by atoms with van der Waals surface area (Å²) in [5.41, 5.74) is 7.49. The summed E-state index contributed by atoms with van der Waals surface area (Å²) < 4.78 is 2.53. The maximum absolute atomic E-state index is 12.1. The number of nitrogen functional groups attached to an aromatic ring is 1. The lowest BCUT2D eigenvalue weighted by atomic mass is 10.2. The molecule has 0 fully saturated rings. The molecule has 98 valence electrons. The number of nitrogens with one attached hydrogen (secondary N) is 1. The third-order valence-electron chi connectivity index (χ3n) is 2.39. The standard InChI is InChI=1S/C13H9Br3N2O/c14-8-1-2-12(11(17)6-8)18-13(19)7-3-9(15)5-10(16)4-7/h1-6H,17H2,(H,18,19). The first-order chi connectivity index (χ1) is 8.95. The number of benzene rings is 2. The van der Waals surface area contributed by atoms with Crippen LogP contribution in [0.3, 0.4) is 0 Å². The van der Waals surface area contributed by atoms with Gasteiger partial charge in [0.05, 0.1) is 11.4 Å². The SMILES string of the molecule is Nc1cc(Br)ccc1NC(=O)c1cc(Br)cc(Br)c1. The van der Waals surface area contributed by atoms with E-state index in [-0.39, 0.29) is 5.91 Å². The minimum absolute atomic E-state index is 0.212. The first-order valence-electron chi connectivity index (χ1n) is 5.28. The number of carbonyl (C=O) groups is 1. The number of hydrogen-bond donors (Lipinski definition) is 2. The second-order valence-electron chi connectivity index (χ2n) is 3.84. The maximum Gasteiger partial charge on any atom is 0.255 e. The summed E-state index contributed by atoms with van der Waals surface area (Å²) in [5, 5.41) is 2.78. The molecule has 3 nitrogen and oxygen atoms in total. The van der Waals surface area contributed by atoms with Crippen molar-refractivity contribution >= 4 is 65.1 Å². The number of nitrogens with two attached hydrogens (primary N) is 1. The molecule has 0 saturated carbocycles. The van der Waals surface area contributed by atoms with Crippen LogP contribution in [-0.2, 0) is 0 Å². The van der Waals surface area contributed by atoms with E-state index in [9.17, 15) is 4.79 Å². The van der Waals surface area contributed by atoms with Gasteiger partial charge >= 0.3 is 0 Å². The van der Waals surface area contributed by atoms with Crippen molar-refractivity contribution < 1.29 is 4.79 Å². The van der Waals surface area contributed by atoms with Gasteiger partial charge in [0.15, 0.2) is 0 Å². The molecule has 1 amide bonds. The summed E-state index contributed by atoms with van der Waals surface area (Å²) in [6.07, 6.45) is 0. The van der Waals surface area contributed by atoms with Gasteiger partial charge in [-0.25, -0.2) is 0 Å².